The van der Waals surface area contributed by atoms with E-state index < -0.39 is 23.9 Å². The second-order valence-corrected chi connectivity index (χ2v) is 7.78. The molecule has 1 saturated carbocycles. The van der Waals surface area contributed by atoms with Gasteiger partial charge in [-0.2, -0.15) is 5.10 Å². The Kier molecular flexibility index (Phi) is 5.51. The maximum Gasteiger partial charge on any atom is 0.269 e. The third-order valence-electron chi connectivity index (χ3n) is 5.62. The fourth-order valence-electron chi connectivity index (χ4n) is 4.04. The van der Waals surface area contributed by atoms with Gasteiger partial charge in [-0.3, -0.25) is 4.79 Å². The zero-order chi connectivity index (χ0) is 21.3. The topological polar surface area (TPSA) is 84.8 Å². The molecule has 0 radical (unpaired) electrons. The molecular formula is C22H25F2N5O. The SMILES string of the molecule is CCC=CC1=C(c2cnn3ccccc23)N=C(C(=O)NC2C(N)CCCC2(F)F)C1. The van der Waals surface area contributed by atoms with Crippen LogP contribution in [0.4, 0.5) is 8.78 Å². The molecule has 2 aliphatic rings. The average molecular weight is 413 g/mol. The summed E-state index contributed by atoms with van der Waals surface area (Å²) in [5.41, 5.74) is 9.27. The van der Waals surface area contributed by atoms with Crippen LogP contribution in [0.2, 0.25) is 0 Å². The van der Waals surface area contributed by atoms with E-state index in [-0.39, 0.29) is 18.6 Å². The summed E-state index contributed by atoms with van der Waals surface area (Å²) in [5, 5.41) is 6.81. The second kappa shape index (κ2) is 8.10. The molecule has 4 rings (SSSR count). The average Bonchev–Trinajstić information content (AvgIpc) is 3.33. The molecule has 3 heterocycles. The van der Waals surface area contributed by atoms with Gasteiger partial charge < -0.3 is 11.1 Å². The number of pyridine rings is 1. The lowest BCUT2D eigenvalue weighted by Crippen LogP contribution is -2.60. The molecule has 0 bridgehead atoms. The molecule has 6 nitrogen and oxygen atoms in total. The van der Waals surface area contributed by atoms with Crippen molar-refractivity contribution in [2.24, 2.45) is 10.7 Å². The number of amides is 1. The van der Waals surface area contributed by atoms with Crippen molar-refractivity contribution in [3.8, 4) is 0 Å². The van der Waals surface area contributed by atoms with E-state index in [9.17, 15) is 13.6 Å². The van der Waals surface area contributed by atoms with Gasteiger partial charge in [-0.05, 0) is 37.0 Å². The smallest absolute Gasteiger partial charge is 0.269 e. The fourth-order valence-corrected chi connectivity index (χ4v) is 4.04. The third-order valence-corrected chi connectivity index (χ3v) is 5.62. The molecule has 0 saturated heterocycles. The molecule has 2 atom stereocenters. The molecule has 1 aliphatic heterocycles. The second-order valence-electron chi connectivity index (χ2n) is 7.78. The molecule has 3 N–H and O–H groups in total. The molecule has 1 fully saturated rings. The van der Waals surface area contributed by atoms with Crippen LogP contribution in [0.25, 0.3) is 11.2 Å². The standard InChI is InChI=1S/C22H25F2N5O/c1-2-3-7-14-12-17(21(30)28-20-16(25)8-6-10-22(20,23)24)27-19(14)15-13-26-29-11-5-4-9-18(15)29/h3-5,7,9,11,13,16,20H,2,6,8,10,12,25H2,1H3,(H,28,30). The number of nitrogens with zero attached hydrogens (tertiary/aromatic N) is 3. The first-order chi connectivity index (χ1) is 14.4. The summed E-state index contributed by atoms with van der Waals surface area (Å²) in [7, 11) is 0. The number of carbonyl (C=O) groups is 1. The highest BCUT2D eigenvalue weighted by Crippen LogP contribution is 2.35. The van der Waals surface area contributed by atoms with Crippen molar-refractivity contribution < 1.29 is 13.6 Å². The van der Waals surface area contributed by atoms with E-state index in [0.29, 0.717) is 18.5 Å². The molecule has 2 unspecified atom stereocenters. The van der Waals surface area contributed by atoms with Gasteiger partial charge >= 0.3 is 0 Å². The minimum absolute atomic E-state index is 0.213. The number of halogens is 2. The van der Waals surface area contributed by atoms with E-state index in [1.807, 2.05) is 43.5 Å². The van der Waals surface area contributed by atoms with Gasteiger partial charge in [0.25, 0.3) is 11.8 Å². The lowest BCUT2D eigenvalue weighted by molar-refractivity contribution is -0.122. The predicted molar refractivity (Wildman–Crippen MR) is 112 cm³/mol. The molecule has 158 valence electrons. The number of carbonyl (C=O) groups excluding carboxylic acids is 1. The van der Waals surface area contributed by atoms with Crippen LogP contribution < -0.4 is 11.1 Å². The highest BCUT2D eigenvalue weighted by molar-refractivity contribution is 6.41. The minimum atomic E-state index is -3.02. The van der Waals surface area contributed by atoms with Crippen LogP contribution in [0, 0.1) is 0 Å². The van der Waals surface area contributed by atoms with Crippen molar-refractivity contribution in [1.29, 1.82) is 0 Å². The van der Waals surface area contributed by atoms with Crippen molar-refractivity contribution >= 4 is 22.8 Å². The summed E-state index contributed by atoms with van der Waals surface area (Å²) in [6.07, 6.45) is 9.12. The van der Waals surface area contributed by atoms with Crippen LogP contribution >= 0.6 is 0 Å². The van der Waals surface area contributed by atoms with Crippen LogP contribution in [0.15, 0.2) is 53.3 Å². The Labute approximate surface area is 173 Å². The molecule has 1 amide bonds. The highest BCUT2D eigenvalue weighted by atomic mass is 19.3. The maximum atomic E-state index is 14.3. The molecule has 0 spiro atoms. The minimum Gasteiger partial charge on any atom is -0.341 e. The summed E-state index contributed by atoms with van der Waals surface area (Å²) in [5.74, 6) is -3.61. The Morgan fingerprint density at radius 1 is 1.43 bits per heavy atom. The molecule has 1 aliphatic carbocycles. The van der Waals surface area contributed by atoms with E-state index in [4.69, 9.17) is 5.73 Å². The van der Waals surface area contributed by atoms with Crippen LogP contribution in [-0.2, 0) is 4.79 Å². The van der Waals surface area contributed by atoms with Crippen molar-refractivity contribution in [3.63, 3.8) is 0 Å². The van der Waals surface area contributed by atoms with Gasteiger partial charge in [-0.25, -0.2) is 18.3 Å². The van der Waals surface area contributed by atoms with E-state index >= 15 is 0 Å². The Balaban J connectivity index is 1.64. The first-order valence-corrected chi connectivity index (χ1v) is 10.2. The number of rotatable bonds is 5. The van der Waals surface area contributed by atoms with Crippen LogP contribution in [0.3, 0.4) is 0 Å². The van der Waals surface area contributed by atoms with Crippen molar-refractivity contribution in [1.82, 2.24) is 14.9 Å². The van der Waals surface area contributed by atoms with Gasteiger partial charge in [-0.1, -0.05) is 25.1 Å². The zero-order valence-corrected chi connectivity index (χ0v) is 16.8. The summed E-state index contributed by atoms with van der Waals surface area (Å²) < 4.78 is 30.4. The Bertz CT molecular complexity index is 1050. The summed E-state index contributed by atoms with van der Waals surface area (Å²) in [6.45, 7) is 2.02. The van der Waals surface area contributed by atoms with E-state index in [1.54, 1.807) is 10.7 Å². The monoisotopic (exact) mass is 413 g/mol. The first-order valence-electron chi connectivity index (χ1n) is 10.2. The molecule has 0 aromatic carbocycles. The first kappa shape index (κ1) is 20.4. The van der Waals surface area contributed by atoms with Crippen LogP contribution in [0.1, 0.15) is 44.6 Å². The Morgan fingerprint density at radius 2 is 2.27 bits per heavy atom. The molecule has 30 heavy (non-hydrogen) atoms. The number of hydrogen-bond donors (Lipinski definition) is 2. The lowest BCUT2D eigenvalue weighted by Gasteiger charge is -2.36. The van der Waals surface area contributed by atoms with Crippen molar-refractivity contribution in [3.05, 3.63) is 53.9 Å². The lowest BCUT2D eigenvalue weighted by atomic mass is 9.87. The van der Waals surface area contributed by atoms with Crippen molar-refractivity contribution in [2.75, 3.05) is 0 Å². The number of fused-ring (bicyclic) bond motifs is 1. The maximum absolute atomic E-state index is 14.3. The Hall–Kier alpha value is -2.87. The van der Waals surface area contributed by atoms with Gasteiger partial charge in [0.05, 0.1) is 17.4 Å². The highest BCUT2D eigenvalue weighted by Gasteiger charge is 2.47. The van der Waals surface area contributed by atoms with Gasteiger partial charge in [0.1, 0.15) is 11.8 Å². The van der Waals surface area contributed by atoms with Crippen LogP contribution in [-0.4, -0.2) is 39.2 Å². The van der Waals surface area contributed by atoms with Gasteiger partial charge in [-0.15, -0.1) is 0 Å². The normalized spacial score (nSPS) is 23.9. The fraction of sp³-hybridized carbons (Fsp3) is 0.409. The summed E-state index contributed by atoms with van der Waals surface area (Å²) >= 11 is 0. The Morgan fingerprint density at radius 3 is 3.03 bits per heavy atom. The van der Waals surface area contributed by atoms with Crippen LogP contribution in [0.5, 0.6) is 0 Å². The number of hydrogen-bond acceptors (Lipinski definition) is 4. The number of alkyl halides is 2. The summed E-state index contributed by atoms with van der Waals surface area (Å²) in [6, 6.07) is 3.55. The number of allylic oxidation sites excluding steroid dienone is 3. The molecule has 8 heteroatoms. The molecule has 2 aromatic rings. The van der Waals surface area contributed by atoms with E-state index in [0.717, 1.165) is 23.1 Å². The summed E-state index contributed by atoms with van der Waals surface area (Å²) in [4.78, 5) is 17.4. The van der Waals surface area contributed by atoms with Gasteiger partial charge in [0.15, 0.2) is 0 Å². The van der Waals surface area contributed by atoms with Crippen molar-refractivity contribution in [2.45, 2.75) is 57.0 Å². The number of nitrogens with one attached hydrogen (secondary N) is 1. The van der Waals surface area contributed by atoms with Gasteiger partial charge in [0.2, 0.25) is 0 Å². The largest absolute Gasteiger partial charge is 0.341 e. The molecular weight excluding hydrogens is 388 g/mol. The predicted octanol–water partition coefficient (Wildman–Crippen LogP) is 3.49. The third kappa shape index (κ3) is 3.79. The van der Waals surface area contributed by atoms with E-state index in [1.165, 1.54) is 0 Å². The molecule has 2 aromatic heterocycles. The zero-order valence-electron chi connectivity index (χ0n) is 16.8. The number of aliphatic imine (C=N–C) groups is 1. The quantitative estimate of drug-likeness (QED) is 0.787. The van der Waals surface area contributed by atoms with Gasteiger partial charge in [0, 0.05) is 30.6 Å². The number of aromatic nitrogens is 2. The number of nitrogens with two attached hydrogens (primary N) is 1. The van der Waals surface area contributed by atoms with E-state index in [2.05, 4.69) is 15.4 Å².